The Hall–Kier alpha value is -1.65. The standard InChI is InChI=1S/C13H16N2O2/c1-15-12-5-3-2-4-10(12)8-11(13(15)17)9-14-6-7-16/h2-5,8,14,16H,6-7,9H2,1H3. The fraction of sp³-hybridized carbons (Fsp3) is 0.308. The van der Waals surface area contributed by atoms with Gasteiger partial charge in [0, 0.05) is 25.7 Å². The molecule has 1 heterocycles. The summed E-state index contributed by atoms with van der Waals surface area (Å²) in [6.07, 6.45) is 0. The maximum atomic E-state index is 12.0. The minimum Gasteiger partial charge on any atom is -0.395 e. The molecule has 2 N–H and O–H groups in total. The zero-order chi connectivity index (χ0) is 12.3. The molecule has 0 fully saturated rings. The summed E-state index contributed by atoms with van der Waals surface area (Å²) < 4.78 is 1.66. The molecule has 0 aliphatic heterocycles. The molecule has 1 aromatic carbocycles. The van der Waals surface area contributed by atoms with Crippen LogP contribution < -0.4 is 10.9 Å². The molecular formula is C13H16N2O2. The van der Waals surface area contributed by atoms with Gasteiger partial charge in [-0.05, 0) is 17.5 Å². The third-order valence-electron chi connectivity index (χ3n) is 2.81. The van der Waals surface area contributed by atoms with Crippen LogP contribution in [0.1, 0.15) is 5.56 Å². The number of pyridine rings is 1. The van der Waals surface area contributed by atoms with E-state index in [2.05, 4.69) is 5.32 Å². The van der Waals surface area contributed by atoms with Crippen molar-refractivity contribution >= 4 is 10.9 Å². The van der Waals surface area contributed by atoms with E-state index in [1.807, 2.05) is 30.3 Å². The number of benzene rings is 1. The van der Waals surface area contributed by atoms with E-state index in [0.29, 0.717) is 13.1 Å². The van der Waals surface area contributed by atoms with Crippen molar-refractivity contribution in [3.63, 3.8) is 0 Å². The van der Waals surface area contributed by atoms with Gasteiger partial charge in [0.05, 0.1) is 12.1 Å². The van der Waals surface area contributed by atoms with E-state index in [-0.39, 0.29) is 12.2 Å². The van der Waals surface area contributed by atoms with Crippen LogP contribution in [0, 0.1) is 0 Å². The van der Waals surface area contributed by atoms with Crippen LogP contribution in [0.4, 0.5) is 0 Å². The Morgan fingerprint density at radius 1 is 1.35 bits per heavy atom. The molecule has 0 radical (unpaired) electrons. The van der Waals surface area contributed by atoms with Gasteiger partial charge in [0.1, 0.15) is 0 Å². The number of rotatable bonds is 4. The second-order valence-electron chi connectivity index (χ2n) is 3.99. The number of aliphatic hydroxyl groups is 1. The lowest BCUT2D eigenvalue weighted by Crippen LogP contribution is -2.27. The van der Waals surface area contributed by atoms with Gasteiger partial charge in [0.25, 0.3) is 5.56 Å². The lowest BCUT2D eigenvalue weighted by Gasteiger charge is -2.09. The first kappa shape index (κ1) is 11.8. The molecule has 2 rings (SSSR count). The van der Waals surface area contributed by atoms with Crippen molar-refractivity contribution in [3.05, 3.63) is 46.2 Å². The molecular weight excluding hydrogens is 216 g/mol. The Morgan fingerprint density at radius 3 is 2.88 bits per heavy atom. The van der Waals surface area contributed by atoms with E-state index in [4.69, 9.17) is 5.11 Å². The molecule has 17 heavy (non-hydrogen) atoms. The second-order valence-corrected chi connectivity index (χ2v) is 3.99. The lowest BCUT2D eigenvalue weighted by molar-refractivity contribution is 0.292. The molecule has 4 nitrogen and oxygen atoms in total. The van der Waals surface area contributed by atoms with E-state index in [9.17, 15) is 4.79 Å². The molecule has 0 spiro atoms. The van der Waals surface area contributed by atoms with E-state index < -0.39 is 0 Å². The maximum Gasteiger partial charge on any atom is 0.255 e. The topological polar surface area (TPSA) is 54.3 Å². The largest absolute Gasteiger partial charge is 0.395 e. The smallest absolute Gasteiger partial charge is 0.255 e. The number of fused-ring (bicyclic) bond motifs is 1. The average molecular weight is 232 g/mol. The summed E-state index contributed by atoms with van der Waals surface area (Å²) in [4.78, 5) is 12.0. The van der Waals surface area contributed by atoms with Crippen molar-refractivity contribution in [2.45, 2.75) is 6.54 Å². The molecule has 0 aliphatic carbocycles. The van der Waals surface area contributed by atoms with E-state index in [0.717, 1.165) is 16.5 Å². The van der Waals surface area contributed by atoms with Crippen LogP contribution in [-0.4, -0.2) is 22.8 Å². The zero-order valence-corrected chi connectivity index (χ0v) is 9.81. The Labute approximate surface area is 99.5 Å². The summed E-state index contributed by atoms with van der Waals surface area (Å²) in [6.45, 7) is 1.06. The Balaban J connectivity index is 2.43. The third-order valence-corrected chi connectivity index (χ3v) is 2.81. The first-order valence-corrected chi connectivity index (χ1v) is 5.63. The predicted molar refractivity (Wildman–Crippen MR) is 68.0 cm³/mol. The number of nitrogens with zero attached hydrogens (tertiary/aromatic N) is 1. The van der Waals surface area contributed by atoms with Crippen molar-refractivity contribution in [1.82, 2.24) is 9.88 Å². The highest BCUT2D eigenvalue weighted by Gasteiger charge is 2.05. The number of aryl methyl sites for hydroxylation is 1. The van der Waals surface area contributed by atoms with Gasteiger partial charge in [-0.1, -0.05) is 18.2 Å². The van der Waals surface area contributed by atoms with Gasteiger partial charge in [0.2, 0.25) is 0 Å². The quantitative estimate of drug-likeness (QED) is 0.760. The first-order chi connectivity index (χ1) is 8.24. The molecule has 0 saturated carbocycles. The highest BCUT2D eigenvalue weighted by atomic mass is 16.3. The molecule has 2 aromatic rings. The number of hydrogen-bond acceptors (Lipinski definition) is 3. The number of hydrogen-bond donors (Lipinski definition) is 2. The minimum atomic E-state index is 0.00846. The van der Waals surface area contributed by atoms with Crippen molar-refractivity contribution in [2.75, 3.05) is 13.2 Å². The van der Waals surface area contributed by atoms with Crippen molar-refractivity contribution in [3.8, 4) is 0 Å². The molecule has 0 aliphatic rings. The normalized spacial score (nSPS) is 10.9. The Morgan fingerprint density at radius 2 is 2.12 bits per heavy atom. The SMILES string of the molecule is Cn1c(=O)c(CNCCO)cc2ccccc21. The highest BCUT2D eigenvalue weighted by Crippen LogP contribution is 2.11. The number of aromatic nitrogens is 1. The van der Waals surface area contributed by atoms with Crippen LogP contribution in [0.5, 0.6) is 0 Å². The third kappa shape index (κ3) is 2.38. The first-order valence-electron chi connectivity index (χ1n) is 5.63. The summed E-state index contributed by atoms with van der Waals surface area (Å²) >= 11 is 0. The monoisotopic (exact) mass is 232 g/mol. The van der Waals surface area contributed by atoms with Crippen LogP contribution in [0.15, 0.2) is 35.1 Å². The van der Waals surface area contributed by atoms with Crippen molar-refractivity contribution in [2.24, 2.45) is 7.05 Å². The molecule has 90 valence electrons. The average Bonchev–Trinajstić information content (AvgIpc) is 2.35. The summed E-state index contributed by atoms with van der Waals surface area (Å²) in [6, 6.07) is 9.71. The predicted octanol–water partition coefficient (Wildman–Crippen LogP) is 0.620. The summed E-state index contributed by atoms with van der Waals surface area (Å²) in [5.74, 6) is 0. The molecule has 0 amide bonds. The lowest BCUT2D eigenvalue weighted by atomic mass is 10.1. The van der Waals surface area contributed by atoms with Gasteiger partial charge >= 0.3 is 0 Å². The van der Waals surface area contributed by atoms with Gasteiger partial charge < -0.3 is 15.0 Å². The fourth-order valence-electron chi connectivity index (χ4n) is 1.92. The summed E-state index contributed by atoms with van der Waals surface area (Å²) in [5, 5.41) is 12.8. The molecule has 0 bridgehead atoms. The Bertz CT molecular complexity index is 575. The van der Waals surface area contributed by atoms with E-state index in [1.54, 1.807) is 11.6 Å². The fourth-order valence-corrected chi connectivity index (χ4v) is 1.92. The Kier molecular flexibility index (Phi) is 3.56. The second kappa shape index (κ2) is 5.12. The van der Waals surface area contributed by atoms with E-state index in [1.165, 1.54) is 0 Å². The van der Waals surface area contributed by atoms with Gasteiger partial charge in [-0.25, -0.2) is 0 Å². The molecule has 1 aromatic heterocycles. The zero-order valence-electron chi connectivity index (χ0n) is 9.81. The van der Waals surface area contributed by atoms with Crippen LogP contribution in [0.25, 0.3) is 10.9 Å². The minimum absolute atomic E-state index is 0.00846. The maximum absolute atomic E-state index is 12.0. The van der Waals surface area contributed by atoms with Gasteiger partial charge in [-0.3, -0.25) is 4.79 Å². The van der Waals surface area contributed by atoms with Crippen LogP contribution in [-0.2, 0) is 13.6 Å². The van der Waals surface area contributed by atoms with Crippen molar-refractivity contribution in [1.29, 1.82) is 0 Å². The number of nitrogens with one attached hydrogen (secondary N) is 1. The molecule has 4 heteroatoms. The highest BCUT2D eigenvalue weighted by molar-refractivity contribution is 5.79. The number of para-hydroxylation sites is 1. The molecule has 0 atom stereocenters. The van der Waals surface area contributed by atoms with Crippen LogP contribution >= 0.6 is 0 Å². The van der Waals surface area contributed by atoms with Crippen LogP contribution in [0.2, 0.25) is 0 Å². The van der Waals surface area contributed by atoms with Gasteiger partial charge in [-0.2, -0.15) is 0 Å². The number of aliphatic hydroxyl groups excluding tert-OH is 1. The van der Waals surface area contributed by atoms with E-state index >= 15 is 0 Å². The van der Waals surface area contributed by atoms with Gasteiger partial charge in [-0.15, -0.1) is 0 Å². The summed E-state index contributed by atoms with van der Waals surface area (Å²) in [5.41, 5.74) is 1.66. The molecule has 0 unspecified atom stereocenters. The molecule has 0 saturated heterocycles. The van der Waals surface area contributed by atoms with Crippen LogP contribution in [0.3, 0.4) is 0 Å². The summed E-state index contributed by atoms with van der Waals surface area (Å²) in [7, 11) is 1.78. The van der Waals surface area contributed by atoms with Crippen molar-refractivity contribution < 1.29 is 5.11 Å². The van der Waals surface area contributed by atoms with Gasteiger partial charge in [0.15, 0.2) is 0 Å².